The van der Waals surface area contributed by atoms with E-state index in [2.05, 4.69) is 46.6 Å². The number of likely N-dealkylation sites (N-methyl/N-ethyl adjacent to an activating group) is 1. The first-order valence-corrected chi connectivity index (χ1v) is 9.03. The van der Waals surface area contributed by atoms with Crippen LogP contribution in [0.2, 0.25) is 0 Å². The van der Waals surface area contributed by atoms with Gasteiger partial charge in [0.05, 0.1) is 12.1 Å². The van der Waals surface area contributed by atoms with E-state index < -0.39 is 6.10 Å². The Morgan fingerprint density at radius 2 is 2.00 bits per heavy atom. The molecule has 4 heteroatoms. The van der Waals surface area contributed by atoms with Crippen molar-refractivity contribution in [2.45, 2.75) is 38.0 Å². The summed E-state index contributed by atoms with van der Waals surface area (Å²) in [5.74, 6) is 0.503. The lowest BCUT2D eigenvalue weighted by Crippen LogP contribution is -2.28. The Kier molecular flexibility index (Phi) is 3.27. The molecule has 0 saturated heterocycles. The van der Waals surface area contributed by atoms with Gasteiger partial charge in [-0.2, -0.15) is 0 Å². The zero-order chi connectivity index (χ0) is 17.1. The highest BCUT2D eigenvalue weighted by Crippen LogP contribution is 2.50. The third-order valence-electron chi connectivity index (χ3n) is 5.92. The lowest BCUT2D eigenvalue weighted by atomic mass is 9.90. The zero-order valence-corrected chi connectivity index (χ0v) is 14.7. The molecule has 4 heterocycles. The van der Waals surface area contributed by atoms with Gasteiger partial charge in [0.1, 0.15) is 0 Å². The Morgan fingerprint density at radius 3 is 2.80 bits per heavy atom. The molecule has 2 aliphatic heterocycles. The summed E-state index contributed by atoms with van der Waals surface area (Å²) in [5, 5.41) is 12.5. The number of benzene rings is 1. The largest absolute Gasteiger partial charge is 0.386 e. The van der Waals surface area contributed by atoms with Crippen molar-refractivity contribution in [3.8, 4) is 0 Å². The standard InChI is InChI=1S/C21H23N3O/c1-13-3-4-18-16(9-13)17-12-23(2)11-15-10-19(24(18)20(15)17)21(25)14-5-7-22-8-6-14/h3-9,15,19,21,25H,10-12H2,1-2H3. The molecular formula is C21H23N3O. The predicted molar refractivity (Wildman–Crippen MR) is 98.6 cm³/mol. The van der Waals surface area contributed by atoms with Crippen LogP contribution < -0.4 is 0 Å². The monoisotopic (exact) mass is 333 g/mol. The van der Waals surface area contributed by atoms with Crippen molar-refractivity contribution >= 4 is 10.9 Å². The van der Waals surface area contributed by atoms with Crippen LogP contribution in [0.3, 0.4) is 0 Å². The second-order valence-electron chi connectivity index (χ2n) is 7.68. The first kappa shape index (κ1) is 15.1. The lowest BCUT2D eigenvalue weighted by Gasteiger charge is -2.27. The number of nitrogens with zero attached hydrogens (tertiary/aromatic N) is 3. The number of hydrogen-bond acceptors (Lipinski definition) is 3. The second kappa shape index (κ2) is 5.41. The number of hydrogen-bond donors (Lipinski definition) is 1. The quantitative estimate of drug-likeness (QED) is 0.780. The fraction of sp³-hybridized carbons (Fsp3) is 0.381. The summed E-state index contributed by atoms with van der Waals surface area (Å²) in [6.07, 6.45) is 4.03. The molecule has 2 aromatic heterocycles. The van der Waals surface area contributed by atoms with Crippen LogP contribution in [0.1, 0.15) is 46.9 Å². The summed E-state index contributed by atoms with van der Waals surface area (Å²) >= 11 is 0. The topological polar surface area (TPSA) is 41.3 Å². The van der Waals surface area contributed by atoms with E-state index in [0.29, 0.717) is 5.92 Å². The van der Waals surface area contributed by atoms with Crippen LogP contribution in [0, 0.1) is 6.92 Å². The average Bonchev–Trinajstić information content (AvgIpc) is 3.14. The fourth-order valence-corrected chi connectivity index (χ4v) is 4.91. The summed E-state index contributed by atoms with van der Waals surface area (Å²) < 4.78 is 2.44. The van der Waals surface area contributed by atoms with Gasteiger partial charge in [0.25, 0.3) is 0 Å². The van der Waals surface area contributed by atoms with Gasteiger partial charge in [-0.15, -0.1) is 0 Å². The van der Waals surface area contributed by atoms with Gasteiger partial charge >= 0.3 is 0 Å². The van der Waals surface area contributed by atoms with E-state index in [9.17, 15) is 5.11 Å². The van der Waals surface area contributed by atoms with Gasteiger partial charge in [-0.25, -0.2) is 0 Å². The van der Waals surface area contributed by atoms with Crippen LogP contribution in [0.5, 0.6) is 0 Å². The van der Waals surface area contributed by atoms with Crippen molar-refractivity contribution in [1.82, 2.24) is 14.5 Å². The Bertz CT molecular complexity index is 947. The molecule has 1 N–H and O–H groups in total. The molecule has 5 rings (SSSR count). The smallest absolute Gasteiger partial charge is 0.0998 e. The molecule has 3 atom stereocenters. The number of pyridine rings is 1. The van der Waals surface area contributed by atoms with Gasteiger partial charge in [0, 0.05) is 48.0 Å². The first-order valence-electron chi connectivity index (χ1n) is 9.03. The van der Waals surface area contributed by atoms with E-state index in [-0.39, 0.29) is 6.04 Å². The van der Waals surface area contributed by atoms with Crippen LogP contribution in [-0.4, -0.2) is 33.1 Å². The van der Waals surface area contributed by atoms with E-state index >= 15 is 0 Å². The number of aromatic nitrogens is 2. The van der Waals surface area contributed by atoms with Crippen LogP contribution in [0.15, 0.2) is 42.7 Å². The third-order valence-corrected chi connectivity index (χ3v) is 5.92. The molecule has 0 saturated carbocycles. The minimum absolute atomic E-state index is 0.0906. The fourth-order valence-electron chi connectivity index (χ4n) is 4.91. The Morgan fingerprint density at radius 1 is 1.20 bits per heavy atom. The normalized spacial score (nSPS) is 23.8. The van der Waals surface area contributed by atoms with Gasteiger partial charge in [0.15, 0.2) is 0 Å². The van der Waals surface area contributed by atoms with E-state index in [0.717, 1.165) is 25.1 Å². The summed E-state index contributed by atoms with van der Waals surface area (Å²) in [6.45, 7) is 4.22. The van der Waals surface area contributed by atoms with E-state index in [1.807, 2.05) is 12.1 Å². The average molecular weight is 333 g/mol. The second-order valence-corrected chi connectivity index (χ2v) is 7.68. The molecule has 3 unspecified atom stereocenters. The Hall–Kier alpha value is -2.17. The molecule has 3 aromatic rings. The molecule has 0 amide bonds. The molecule has 4 nitrogen and oxygen atoms in total. The maximum absolute atomic E-state index is 11.1. The van der Waals surface area contributed by atoms with Crippen molar-refractivity contribution in [2.75, 3.05) is 13.6 Å². The lowest BCUT2D eigenvalue weighted by molar-refractivity contribution is 0.115. The summed E-state index contributed by atoms with van der Waals surface area (Å²) in [7, 11) is 2.20. The Labute approximate surface area is 147 Å². The molecule has 2 aliphatic rings. The van der Waals surface area contributed by atoms with E-state index in [1.54, 1.807) is 12.4 Å². The molecule has 0 bridgehead atoms. The van der Waals surface area contributed by atoms with Crippen molar-refractivity contribution in [1.29, 1.82) is 0 Å². The number of aryl methyl sites for hydroxylation is 1. The van der Waals surface area contributed by atoms with Crippen LogP contribution >= 0.6 is 0 Å². The number of aliphatic hydroxyl groups excluding tert-OH is 1. The number of fused-ring (bicyclic) bond motifs is 3. The van der Waals surface area contributed by atoms with Crippen LogP contribution in [0.4, 0.5) is 0 Å². The molecule has 25 heavy (non-hydrogen) atoms. The number of aliphatic hydroxyl groups is 1. The summed E-state index contributed by atoms with van der Waals surface area (Å²) in [5.41, 5.74) is 6.43. The van der Waals surface area contributed by atoms with E-state index in [4.69, 9.17) is 0 Å². The third kappa shape index (κ3) is 2.17. The van der Waals surface area contributed by atoms with Crippen molar-refractivity contribution in [3.63, 3.8) is 0 Å². The molecule has 0 radical (unpaired) electrons. The van der Waals surface area contributed by atoms with Crippen LogP contribution in [-0.2, 0) is 6.54 Å². The molecule has 0 fully saturated rings. The van der Waals surface area contributed by atoms with Gasteiger partial charge in [-0.05, 0) is 55.8 Å². The van der Waals surface area contributed by atoms with Gasteiger partial charge < -0.3 is 14.6 Å². The highest BCUT2D eigenvalue weighted by atomic mass is 16.3. The van der Waals surface area contributed by atoms with Crippen molar-refractivity contribution in [3.05, 3.63) is 65.1 Å². The van der Waals surface area contributed by atoms with E-state index in [1.165, 1.54) is 27.7 Å². The van der Waals surface area contributed by atoms with Crippen molar-refractivity contribution < 1.29 is 5.11 Å². The Balaban J connectivity index is 1.71. The van der Waals surface area contributed by atoms with Gasteiger partial charge in [-0.3, -0.25) is 4.98 Å². The maximum atomic E-state index is 11.1. The molecular weight excluding hydrogens is 310 g/mol. The summed E-state index contributed by atoms with van der Waals surface area (Å²) in [6, 6.07) is 10.7. The van der Waals surface area contributed by atoms with Crippen LogP contribution in [0.25, 0.3) is 10.9 Å². The zero-order valence-electron chi connectivity index (χ0n) is 14.7. The SMILES string of the molecule is Cc1ccc2c(c1)c1c3n2C(C(O)c2ccncc2)CC3CN(C)C1. The molecule has 0 spiro atoms. The highest BCUT2D eigenvalue weighted by Gasteiger charge is 2.41. The molecule has 128 valence electrons. The van der Waals surface area contributed by atoms with Gasteiger partial charge in [0.2, 0.25) is 0 Å². The van der Waals surface area contributed by atoms with Gasteiger partial charge in [-0.1, -0.05) is 11.6 Å². The predicted octanol–water partition coefficient (Wildman–Crippen LogP) is 3.55. The first-order chi connectivity index (χ1) is 12.1. The summed E-state index contributed by atoms with van der Waals surface area (Å²) in [4.78, 5) is 6.51. The minimum atomic E-state index is -0.500. The molecule has 0 aliphatic carbocycles. The van der Waals surface area contributed by atoms with Crippen molar-refractivity contribution in [2.24, 2.45) is 0 Å². The molecule has 1 aromatic carbocycles. The highest BCUT2D eigenvalue weighted by molar-refractivity contribution is 5.87. The minimum Gasteiger partial charge on any atom is -0.386 e. The maximum Gasteiger partial charge on any atom is 0.0998 e. The number of rotatable bonds is 2.